The third kappa shape index (κ3) is 4.44. The molecule has 2 aliphatic heterocycles. The van der Waals surface area contributed by atoms with Gasteiger partial charge in [0.2, 0.25) is 27.5 Å². The number of halogens is 3. The Morgan fingerprint density at radius 1 is 1.14 bits per heavy atom. The van der Waals surface area contributed by atoms with E-state index in [1.54, 1.807) is 24.3 Å². The Morgan fingerprint density at radius 2 is 1.81 bits per heavy atom. The van der Waals surface area contributed by atoms with Crippen molar-refractivity contribution in [1.82, 2.24) is 14.1 Å². The number of hydrogen-bond acceptors (Lipinski definition) is 5. The highest BCUT2D eigenvalue weighted by Gasteiger charge is 2.65. The molecular formula is C24H21BrCl2N4O5S. The highest BCUT2D eigenvalue weighted by atomic mass is 79.9. The average molecular weight is 628 g/mol. The van der Waals surface area contributed by atoms with Crippen LogP contribution in [-0.2, 0) is 30.8 Å². The van der Waals surface area contributed by atoms with Gasteiger partial charge in [-0.2, -0.15) is 4.31 Å². The Hall–Kier alpha value is -2.18. The minimum Gasteiger partial charge on any atom is -0.366 e. The number of carbonyl (C=O) groups is 3. The molecule has 2 saturated heterocycles. The maximum atomic E-state index is 14.0. The van der Waals surface area contributed by atoms with Crippen LogP contribution in [0.4, 0.5) is 0 Å². The van der Waals surface area contributed by atoms with Gasteiger partial charge < -0.3 is 15.5 Å². The van der Waals surface area contributed by atoms with Gasteiger partial charge in [-0.3, -0.25) is 14.4 Å². The second kappa shape index (κ2) is 9.53. The number of benzene rings is 2. The minimum atomic E-state index is -4.51. The monoisotopic (exact) mass is 626 g/mol. The number of primary amides is 1. The van der Waals surface area contributed by atoms with Gasteiger partial charge in [-0.15, -0.1) is 0 Å². The van der Waals surface area contributed by atoms with E-state index in [0.717, 1.165) is 13.7 Å². The molecule has 2 N–H and O–H groups in total. The van der Waals surface area contributed by atoms with Crippen molar-refractivity contribution in [3.8, 4) is 0 Å². The zero-order valence-corrected chi connectivity index (χ0v) is 23.1. The molecule has 2 heterocycles. The lowest BCUT2D eigenvalue weighted by atomic mass is 9.90. The quantitative estimate of drug-likeness (QED) is 0.527. The van der Waals surface area contributed by atoms with Gasteiger partial charge >= 0.3 is 0 Å². The van der Waals surface area contributed by atoms with Crippen LogP contribution >= 0.6 is 39.1 Å². The van der Waals surface area contributed by atoms with E-state index in [2.05, 4.69) is 22.4 Å². The molecule has 5 rings (SSSR count). The van der Waals surface area contributed by atoms with Crippen molar-refractivity contribution >= 4 is 66.9 Å². The number of fused-ring (bicyclic) bond motifs is 1. The molecule has 0 aromatic heterocycles. The fourth-order valence-corrected chi connectivity index (χ4v) is 7.56. The number of carbonyl (C=O) groups excluding carboxylic acids is 3. The first-order valence-electron chi connectivity index (χ1n) is 11.4. The number of amides is 3. The molecule has 0 spiro atoms. The van der Waals surface area contributed by atoms with Crippen LogP contribution < -0.4 is 5.73 Å². The largest absolute Gasteiger partial charge is 0.366 e. The van der Waals surface area contributed by atoms with Crippen molar-refractivity contribution in [3.63, 3.8) is 0 Å². The molecule has 194 valence electrons. The zero-order valence-electron chi connectivity index (χ0n) is 19.2. The summed E-state index contributed by atoms with van der Waals surface area (Å²) in [7, 11) is -4.51. The smallest absolute Gasteiger partial charge is 0.261 e. The first-order valence-corrected chi connectivity index (χ1v) is 14.4. The Labute approximate surface area is 232 Å². The van der Waals surface area contributed by atoms with Crippen LogP contribution in [0.15, 0.2) is 51.8 Å². The number of hydrogen-bond donors (Lipinski definition) is 1. The Balaban J connectivity index is 1.67. The number of rotatable bonds is 6. The second-order valence-electron chi connectivity index (χ2n) is 9.16. The van der Waals surface area contributed by atoms with Crippen LogP contribution in [0.2, 0.25) is 10.0 Å². The molecule has 0 bridgehead atoms. The summed E-state index contributed by atoms with van der Waals surface area (Å²) in [6.45, 7) is -0.933. The molecule has 1 saturated carbocycles. The van der Waals surface area contributed by atoms with Crippen molar-refractivity contribution in [2.45, 2.75) is 41.9 Å². The van der Waals surface area contributed by atoms with E-state index in [0.29, 0.717) is 18.4 Å². The molecule has 2 radical (unpaired) electrons. The lowest BCUT2D eigenvalue weighted by Crippen LogP contribution is -2.83. The summed E-state index contributed by atoms with van der Waals surface area (Å²) < 4.78 is 29.6. The molecule has 3 fully saturated rings. The Kier molecular flexibility index (Phi) is 6.81. The lowest BCUT2D eigenvalue weighted by molar-refractivity contribution is -0.181. The molecule has 3 amide bonds. The fourth-order valence-electron chi connectivity index (χ4n) is 4.94. The summed E-state index contributed by atoms with van der Waals surface area (Å²) in [6.07, 6.45) is 3.95. The highest BCUT2D eigenvalue weighted by molar-refractivity contribution is 9.10. The number of nitrogens with two attached hydrogens (primary N) is 1. The highest BCUT2D eigenvalue weighted by Crippen LogP contribution is 2.43. The molecule has 37 heavy (non-hydrogen) atoms. The predicted molar refractivity (Wildman–Crippen MR) is 139 cm³/mol. The summed E-state index contributed by atoms with van der Waals surface area (Å²) in [5, 5.41) is 0.0628. The molecule has 9 nitrogen and oxygen atoms in total. The first-order chi connectivity index (χ1) is 17.5. The summed E-state index contributed by atoms with van der Waals surface area (Å²) in [5.41, 5.74) is 4.47. The van der Waals surface area contributed by atoms with Crippen LogP contribution in [0, 0.1) is 6.42 Å². The molecule has 2 atom stereocenters. The van der Waals surface area contributed by atoms with Gasteiger partial charge in [-0.05, 0) is 48.7 Å². The van der Waals surface area contributed by atoms with Crippen LogP contribution in [0.1, 0.15) is 18.4 Å². The first kappa shape index (κ1) is 26.4. The van der Waals surface area contributed by atoms with Gasteiger partial charge in [-0.1, -0.05) is 51.3 Å². The van der Waals surface area contributed by atoms with Gasteiger partial charge in [0.05, 0.1) is 18.0 Å². The summed E-state index contributed by atoms with van der Waals surface area (Å²) in [4.78, 5) is 42.5. The summed E-state index contributed by atoms with van der Waals surface area (Å²) in [5.74, 6) is -2.21. The van der Waals surface area contributed by atoms with Crippen molar-refractivity contribution < 1.29 is 22.8 Å². The summed E-state index contributed by atoms with van der Waals surface area (Å²) >= 11 is 15.6. The molecule has 2 aromatic carbocycles. The van der Waals surface area contributed by atoms with Crippen molar-refractivity contribution in [2.24, 2.45) is 5.73 Å². The third-order valence-corrected chi connectivity index (χ3v) is 9.97. The van der Waals surface area contributed by atoms with E-state index in [1.807, 2.05) is 0 Å². The fraction of sp³-hybridized carbons (Fsp3) is 0.333. The van der Waals surface area contributed by atoms with E-state index in [1.165, 1.54) is 23.1 Å². The summed E-state index contributed by atoms with van der Waals surface area (Å²) in [6, 6.07) is 9.64. The zero-order chi connectivity index (χ0) is 26.7. The van der Waals surface area contributed by atoms with Crippen LogP contribution in [-0.4, -0.2) is 71.1 Å². The van der Waals surface area contributed by atoms with Gasteiger partial charge in [0.25, 0.3) is 5.91 Å². The predicted octanol–water partition coefficient (Wildman–Crippen LogP) is 2.47. The normalized spacial score (nSPS) is 24.8. The van der Waals surface area contributed by atoms with E-state index >= 15 is 0 Å². The standard InChI is InChI=1S/C24H21BrCl2N4O5S/c25-15-3-1-14(2-4-15)11-19-22(33)29(17-6-7-17)13-24(23(28)34)30(10-9-21(32)31(19)24)37(35,36)20-8-5-16(26)12-18(20)27/h1-5,8,12,17,19H,6-7,10-11,13H2,(H2,28,34). The second-order valence-corrected chi connectivity index (χ2v) is 12.8. The average Bonchev–Trinajstić information content (AvgIpc) is 3.67. The molecule has 2 aromatic rings. The van der Waals surface area contributed by atoms with Gasteiger partial charge in [-0.25, -0.2) is 8.42 Å². The Bertz CT molecular complexity index is 1400. The van der Waals surface area contributed by atoms with Crippen LogP contribution in [0.5, 0.6) is 0 Å². The van der Waals surface area contributed by atoms with Crippen molar-refractivity contribution in [3.05, 3.63) is 69.0 Å². The van der Waals surface area contributed by atoms with E-state index in [4.69, 9.17) is 28.9 Å². The topological polar surface area (TPSA) is 121 Å². The van der Waals surface area contributed by atoms with E-state index < -0.39 is 40.1 Å². The van der Waals surface area contributed by atoms with E-state index in [9.17, 15) is 22.8 Å². The lowest BCUT2D eigenvalue weighted by Gasteiger charge is -2.57. The van der Waals surface area contributed by atoms with Crippen molar-refractivity contribution in [1.29, 1.82) is 0 Å². The van der Waals surface area contributed by atoms with Crippen LogP contribution in [0.25, 0.3) is 0 Å². The Morgan fingerprint density at radius 3 is 2.41 bits per heavy atom. The van der Waals surface area contributed by atoms with E-state index in [-0.39, 0.29) is 39.9 Å². The number of piperazine rings is 1. The molecular weight excluding hydrogens is 607 g/mol. The maximum Gasteiger partial charge on any atom is 0.261 e. The van der Waals surface area contributed by atoms with Crippen molar-refractivity contribution in [2.75, 3.05) is 13.1 Å². The minimum absolute atomic E-state index is 0.0490. The van der Waals surface area contributed by atoms with Gasteiger partial charge in [0.1, 0.15) is 10.9 Å². The molecule has 1 aliphatic carbocycles. The number of sulfonamides is 1. The van der Waals surface area contributed by atoms with Gasteiger partial charge in [0, 0.05) is 28.5 Å². The molecule has 2 unspecified atom stereocenters. The third-order valence-electron chi connectivity index (χ3n) is 6.86. The molecule has 13 heteroatoms. The number of nitrogens with zero attached hydrogens (tertiary/aromatic N) is 3. The maximum absolute atomic E-state index is 14.0. The molecule has 3 aliphatic rings. The van der Waals surface area contributed by atoms with Gasteiger partial charge in [0.15, 0.2) is 0 Å². The SMILES string of the molecule is NC(=O)C12CN(C3CC3)C(=O)C(Cc3ccc(Br)cc3)N1C(=O)[C]CN2S(=O)(=O)c1ccc(Cl)cc1Cl. The van der Waals surface area contributed by atoms with Crippen LogP contribution in [0.3, 0.4) is 0 Å².